The van der Waals surface area contributed by atoms with E-state index in [1.54, 1.807) is 0 Å². The molecule has 0 radical (unpaired) electrons. The SMILES string of the molecule is O=C1CC(CN2CCOCC2)CCC/C1=C/c1ccccc1. The molecule has 1 aliphatic heterocycles. The van der Waals surface area contributed by atoms with E-state index in [0.717, 1.165) is 63.2 Å². The van der Waals surface area contributed by atoms with Gasteiger partial charge in [0.2, 0.25) is 0 Å². The molecule has 22 heavy (non-hydrogen) atoms. The lowest BCUT2D eigenvalue weighted by Crippen LogP contribution is -2.39. The zero-order chi connectivity index (χ0) is 15.2. The van der Waals surface area contributed by atoms with Crippen molar-refractivity contribution < 1.29 is 9.53 Å². The third-order valence-electron chi connectivity index (χ3n) is 4.65. The average Bonchev–Trinajstić information content (AvgIpc) is 2.71. The van der Waals surface area contributed by atoms with Gasteiger partial charge in [-0.05, 0) is 42.4 Å². The number of carbonyl (C=O) groups excluding carboxylic acids is 1. The Balaban J connectivity index is 1.61. The quantitative estimate of drug-likeness (QED) is 0.634. The second kappa shape index (κ2) is 7.70. The van der Waals surface area contributed by atoms with Gasteiger partial charge in [0, 0.05) is 26.1 Å². The zero-order valence-corrected chi connectivity index (χ0v) is 13.2. The van der Waals surface area contributed by atoms with Crippen LogP contribution >= 0.6 is 0 Å². The first-order chi connectivity index (χ1) is 10.8. The van der Waals surface area contributed by atoms with E-state index in [2.05, 4.69) is 23.1 Å². The number of benzene rings is 1. The highest BCUT2D eigenvalue weighted by molar-refractivity contribution is 5.99. The summed E-state index contributed by atoms with van der Waals surface area (Å²) < 4.78 is 5.40. The highest BCUT2D eigenvalue weighted by Crippen LogP contribution is 2.26. The summed E-state index contributed by atoms with van der Waals surface area (Å²) in [5.74, 6) is 0.854. The van der Waals surface area contributed by atoms with E-state index in [1.165, 1.54) is 0 Å². The maximum absolute atomic E-state index is 12.6. The van der Waals surface area contributed by atoms with E-state index >= 15 is 0 Å². The van der Waals surface area contributed by atoms with Crippen molar-refractivity contribution in [2.24, 2.45) is 5.92 Å². The van der Waals surface area contributed by atoms with Gasteiger partial charge in [0.05, 0.1) is 13.2 Å². The number of ether oxygens (including phenoxy) is 1. The van der Waals surface area contributed by atoms with Crippen LogP contribution in [-0.2, 0) is 9.53 Å². The smallest absolute Gasteiger partial charge is 0.159 e. The monoisotopic (exact) mass is 299 g/mol. The fourth-order valence-corrected chi connectivity index (χ4v) is 3.42. The summed E-state index contributed by atoms with van der Waals surface area (Å²) in [7, 11) is 0. The number of allylic oxidation sites excluding steroid dienone is 1. The number of morpholine rings is 1. The highest BCUT2D eigenvalue weighted by atomic mass is 16.5. The normalized spacial score (nSPS) is 26.1. The molecule has 118 valence electrons. The number of hydrogen-bond acceptors (Lipinski definition) is 3. The molecule has 1 aliphatic carbocycles. The Kier molecular flexibility index (Phi) is 5.41. The molecule has 1 unspecified atom stereocenters. The van der Waals surface area contributed by atoms with E-state index in [0.29, 0.717) is 18.1 Å². The van der Waals surface area contributed by atoms with Crippen LogP contribution in [0.1, 0.15) is 31.2 Å². The van der Waals surface area contributed by atoms with E-state index < -0.39 is 0 Å². The molecule has 1 atom stereocenters. The number of nitrogens with zero attached hydrogens (tertiary/aromatic N) is 1. The minimum absolute atomic E-state index is 0.347. The van der Waals surface area contributed by atoms with Crippen molar-refractivity contribution in [1.29, 1.82) is 0 Å². The van der Waals surface area contributed by atoms with Crippen molar-refractivity contribution in [3.63, 3.8) is 0 Å². The van der Waals surface area contributed by atoms with Crippen LogP contribution in [0.25, 0.3) is 6.08 Å². The average molecular weight is 299 g/mol. The summed E-state index contributed by atoms with van der Waals surface area (Å²) in [6.07, 6.45) is 6.00. The molecule has 1 heterocycles. The molecule has 0 N–H and O–H groups in total. The van der Waals surface area contributed by atoms with Crippen LogP contribution in [-0.4, -0.2) is 43.5 Å². The van der Waals surface area contributed by atoms with Crippen LogP contribution in [0, 0.1) is 5.92 Å². The number of rotatable bonds is 3. The van der Waals surface area contributed by atoms with E-state index in [-0.39, 0.29) is 0 Å². The first-order valence-electron chi connectivity index (χ1n) is 8.40. The summed E-state index contributed by atoms with van der Waals surface area (Å²) in [5, 5.41) is 0. The number of ketones is 1. The van der Waals surface area contributed by atoms with Gasteiger partial charge in [-0.1, -0.05) is 30.3 Å². The van der Waals surface area contributed by atoms with E-state index in [9.17, 15) is 4.79 Å². The Morgan fingerprint density at radius 3 is 2.73 bits per heavy atom. The Morgan fingerprint density at radius 1 is 1.18 bits per heavy atom. The fourth-order valence-electron chi connectivity index (χ4n) is 3.42. The molecule has 0 bridgehead atoms. The minimum atomic E-state index is 0.347. The second-order valence-corrected chi connectivity index (χ2v) is 6.38. The molecule has 0 amide bonds. The van der Waals surface area contributed by atoms with Crippen LogP contribution < -0.4 is 0 Å². The Labute approximate surface area is 133 Å². The topological polar surface area (TPSA) is 29.5 Å². The summed E-state index contributed by atoms with van der Waals surface area (Å²) in [5.41, 5.74) is 2.15. The molecule has 1 saturated heterocycles. The van der Waals surface area contributed by atoms with Crippen LogP contribution in [0.15, 0.2) is 35.9 Å². The Morgan fingerprint density at radius 2 is 1.95 bits per heavy atom. The number of carbonyl (C=O) groups is 1. The van der Waals surface area contributed by atoms with Gasteiger partial charge < -0.3 is 4.74 Å². The molecular formula is C19H25NO2. The molecule has 1 saturated carbocycles. The van der Waals surface area contributed by atoms with Crippen molar-refractivity contribution >= 4 is 11.9 Å². The van der Waals surface area contributed by atoms with Crippen molar-refractivity contribution in [1.82, 2.24) is 4.90 Å². The first-order valence-corrected chi connectivity index (χ1v) is 8.40. The minimum Gasteiger partial charge on any atom is -0.379 e. The maximum atomic E-state index is 12.6. The molecule has 3 rings (SSSR count). The summed E-state index contributed by atoms with van der Waals surface area (Å²) in [4.78, 5) is 15.0. The van der Waals surface area contributed by atoms with Crippen LogP contribution in [0.2, 0.25) is 0 Å². The van der Waals surface area contributed by atoms with Gasteiger partial charge in [-0.3, -0.25) is 9.69 Å². The first kappa shape index (κ1) is 15.4. The maximum Gasteiger partial charge on any atom is 0.159 e. The zero-order valence-electron chi connectivity index (χ0n) is 13.2. The van der Waals surface area contributed by atoms with E-state index in [4.69, 9.17) is 4.74 Å². The Bertz CT molecular complexity index is 517. The number of hydrogen-bond donors (Lipinski definition) is 0. The Hall–Kier alpha value is -1.45. The predicted octanol–water partition coefficient (Wildman–Crippen LogP) is 3.16. The fraction of sp³-hybridized carbons (Fsp3) is 0.526. The molecule has 1 aromatic rings. The van der Waals surface area contributed by atoms with Crippen molar-refractivity contribution in [2.45, 2.75) is 25.7 Å². The van der Waals surface area contributed by atoms with Gasteiger partial charge in [0.15, 0.2) is 5.78 Å². The molecule has 1 aromatic carbocycles. The van der Waals surface area contributed by atoms with E-state index in [1.807, 2.05) is 18.2 Å². The van der Waals surface area contributed by atoms with Gasteiger partial charge in [-0.15, -0.1) is 0 Å². The third kappa shape index (κ3) is 4.28. The van der Waals surface area contributed by atoms with Crippen LogP contribution in [0.3, 0.4) is 0 Å². The van der Waals surface area contributed by atoms with Crippen molar-refractivity contribution in [2.75, 3.05) is 32.8 Å². The lowest BCUT2D eigenvalue weighted by atomic mass is 9.98. The molecular weight excluding hydrogens is 274 g/mol. The molecule has 0 spiro atoms. The molecule has 0 aromatic heterocycles. The molecule has 3 heteroatoms. The summed E-state index contributed by atoms with van der Waals surface area (Å²) in [6.45, 7) is 4.74. The van der Waals surface area contributed by atoms with Gasteiger partial charge in [0.1, 0.15) is 0 Å². The molecule has 2 fully saturated rings. The van der Waals surface area contributed by atoms with Gasteiger partial charge in [0.25, 0.3) is 0 Å². The largest absolute Gasteiger partial charge is 0.379 e. The van der Waals surface area contributed by atoms with Crippen LogP contribution in [0.5, 0.6) is 0 Å². The third-order valence-corrected chi connectivity index (χ3v) is 4.65. The van der Waals surface area contributed by atoms with Crippen molar-refractivity contribution in [3.05, 3.63) is 41.5 Å². The van der Waals surface area contributed by atoms with Crippen molar-refractivity contribution in [3.8, 4) is 0 Å². The lowest BCUT2D eigenvalue weighted by Gasteiger charge is -2.29. The molecule has 2 aliphatic rings. The van der Waals surface area contributed by atoms with Gasteiger partial charge >= 0.3 is 0 Å². The highest BCUT2D eigenvalue weighted by Gasteiger charge is 2.24. The molecule has 3 nitrogen and oxygen atoms in total. The predicted molar refractivity (Wildman–Crippen MR) is 88.6 cm³/mol. The number of Topliss-reactive ketones (excluding diaryl/α,β-unsaturated/α-hetero) is 1. The summed E-state index contributed by atoms with van der Waals surface area (Å²) in [6, 6.07) is 10.2. The summed E-state index contributed by atoms with van der Waals surface area (Å²) >= 11 is 0. The van der Waals surface area contributed by atoms with Crippen LogP contribution in [0.4, 0.5) is 0 Å². The second-order valence-electron chi connectivity index (χ2n) is 6.38. The lowest BCUT2D eigenvalue weighted by molar-refractivity contribution is -0.116. The van der Waals surface area contributed by atoms with Gasteiger partial charge in [-0.25, -0.2) is 0 Å². The van der Waals surface area contributed by atoms with Gasteiger partial charge in [-0.2, -0.15) is 0 Å². The standard InChI is InChI=1S/C19H25NO2/c21-19-14-17(15-20-9-11-22-12-10-20)7-4-8-18(19)13-16-5-2-1-3-6-16/h1-3,5-6,13,17H,4,7-12,14-15H2/b18-13-.